The van der Waals surface area contributed by atoms with Crippen LogP contribution < -0.4 is 9.47 Å². The van der Waals surface area contributed by atoms with Gasteiger partial charge in [0.25, 0.3) is 0 Å². The first-order chi connectivity index (χ1) is 9.08. The third-order valence-corrected chi connectivity index (χ3v) is 3.08. The molecule has 1 heterocycles. The van der Waals surface area contributed by atoms with E-state index in [1.54, 1.807) is 19.2 Å². The maximum Gasteiger partial charge on any atom is 0.179 e. The normalized spacial score (nSPS) is 12.3. The summed E-state index contributed by atoms with van der Waals surface area (Å²) in [5.41, 5.74) is 1.14. The van der Waals surface area contributed by atoms with Crippen LogP contribution in [0.25, 0.3) is 0 Å². The molecular formula is C12H14ClN3O3. The van der Waals surface area contributed by atoms with Gasteiger partial charge in [-0.25, -0.2) is 4.68 Å². The summed E-state index contributed by atoms with van der Waals surface area (Å²) < 4.78 is 11.8. The molecule has 2 rings (SSSR count). The second-order valence-electron chi connectivity index (χ2n) is 3.92. The third kappa shape index (κ3) is 2.50. The van der Waals surface area contributed by atoms with E-state index >= 15 is 0 Å². The summed E-state index contributed by atoms with van der Waals surface area (Å²) in [6, 6.07) is 3.29. The number of hydrogen-bond acceptors (Lipinski definition) is 5. The number of ether oxygens (including phenoxy) is 2. The summed E-state index contributed by atoms with van der Waals surface area (Å²) in [5.74, 6) is 0.891. The summed E-state index contributed by atoms with van der Waals surface area (Å²) in [6.07, 6.45) is 0.604. The van der Waals surface area contributed by atoms with Crippen LogP contribution in [0.5, 0.6) is 11.5 Å². The monoisotopic (exact) mass is 283 g/mol. The SMILES string of the molecule is COc1cc(C(O)c2cnnn2C)cc(Cl)c1OC. The minimum absolute atomic E-state index is 0.367. The molecule has 0 radical (unpaired) electrons. The molecule has 0 bridgehead atoms. The van der Waals surface area contributed by atoms with Crippen molar-refractivity contribution in [1.29, 1.82) is 0 Å². The number of methoxy groups -OCH3 is 2. The minimum Gasteiger partial charge on any atom is -0.493 e. The maximum absolute atomic E-state index is 10.3. The Balaban J connectivity index is 2.46. The van der Waals surface area contributed by atoms with Gasteiger partial charge in [-0.15, -0.1) is 5.10 Å². The second-order valence-corrected chi connectivity index (χ2v) is 4.33. The smallest absolute Gasteiger partial charge is 0.179 e. The number of benzene rings is 1. The molecule has 0 aliphatic heterocycles. The van der Waals surface area contributed by atoms with E-state index in [4.69, 9.17) is 21.1 Å². The summed E-state index contributed by atoms with van der Waals surface area (Å²) >= 11 is 6.10. The number of rotatable bonds is 4. The molecule has 0 aliphatic carbocycles. The van der Waals surface area contributed by atoms with Crippen LogP contribution in [-0.2, 0) is 7.05 Å². The van der Waals surface area contributed by atoms with Crippen LogP contribution in [0.1, 0.15) is 17.4 Å². The molecule has 102 valence electrons. The number of aliphatic hydroxyl groups is 1. The van der Waals surface area contributed by atoms with Crippen LogP contribution in [-0.4, -0.2) is 34.3 Å². The Hall–Kier alpha value is -1.79. The van der Waals surface area contributed by atoms with Gasteiger partial charge in [-0.1, -0.05) is 16.8 Å². The van der Waals surface area contributed by atoms with Crippen molar-refractivity contribution in [2.24, 2.45) is 7.05 Å². The lowest BCUT2D eigenvalue weighted by molar-refractivity contribution is 0.209. The van der Waals surface area contributed by atoms with Gasteiger partial charge in [-0.05, 0) is 17.7 Å². The van der Waals surface area contributed by atoms with Crippen molar-refractivity contribution in [2.45, 2.75) is 6.10 Å². The molecule has 0 saturated heterocycles. The molecular weight excluding hydrogens is 270 g/mol. The molecule has 1 aromatic carbocycles. The van der Waals surface area contributed by atoms with E-state index in [9.17, 15) is 5.11 Å². The maximum atomic E-state index is 10.3. The molecule has 1 N–H and O–H groups in total. The van der Waals surface area contributed by atoms with Gasteiger partial charge in [-0.3, -0.25) is 0 Å². The number of halogens is 1. The minimum atomic E-state index is -0.891. The number of aliphatic hydroxyl groups excluding tert-OH is 1. The number of aryl methyl sites for hydroxylation is 1. The van der Waals surface area contributed by atoms with Crippen LogP contribution in [0.2, 0.25) is 5.02 Å². The molecule has 1 unspecified atom stereocenters. The van der Waals surface area contributed by atoms with Crippen molar-refractivity contribution in [3.05, 3.63) is 34.6 Å². The molecule has 0 amide bonds. The number of aromatic nitrogens is 3. The largest absolute Gasteiger partial charge is 0.493 e. The van der Waals surface area contributed by atoms with E-state index in [1.165, 1.54) is 25.1 Å². The highest BCUT2D eigenvalue weighted by molar-refractivity contribution is 6.32. The molecule has 1 atom stereocenters. The Morgan fingerprint density at radius 3 is 2.58 bits per heavy atom. The van der Waals surface area contributed by atoms with Gasteiger partial charge in [0.2, 0.25) is 0 Å². The number of hydrogen-bond donors (Lipinski definition) is 1. The zero-order valence-corrected chi connectivity index (χ0v) is 11.5. The van der Waals surface area contributed by atoms with Crippen LogP contribution in [0.15, 0.2) is 18.3 Å². The van der Waals surface area contributed by atoms with Gasteiger partial charge in [0.05, 0.1) is 31.1 Å². The van der Waals surface area contributed by atoms with E-state index in [2.05, 4.69) is 10.3 Å². The van der Waals surface area contributed by atoms with Gasteiger partial charge >= 0.3 is 0 Å². The van der Waals surface area contributed by atoms with Crippen LogP contribution >= 0.6 is 11.6 Å². The quantitative estimate of drug-likeness (QED) is 0.922. The highest BCUT2D eigenvalue weighted by Gasteiger charge is 2.19. The zero-order chi connectivity index (χ0) is 14.0. The molecule has 0 fully saturated rings. The Morgan fingerprint density at radius 2 is 2.05 bits per heavy atom. The molecule has 19 heavy (non-hydrogen) atoms. The molecule has 0 saturated carbocycles. The van der Waals surface area contributed by atoms with E-state index < -0.39 is 6.10 Å². The van der Waals surface area contributed by atoms with E-state index in [1.807, 2.05) is 0 Å². The van der Waals surface area contributed by atoms with E-state index in [0.717, 1.165) is 0 Å². The predicted molar refractivity (Wildman–Crippen MR) is 69.6 cm³/mol. The first kappa shape index (κ1) is 13.6. The molecule has 1 aromatic heterocycles. The van der Waals surface area contributed by atoms with Crippen LogP contribution in [0.4, 0.5) is 0 Å². The molecule has 0 spiro atoms. The van der Waals surface area contributed by atoms with Gasteiger partial charge in [0.1, 0.15) is 6.10 Å². The zero-order valence-electron chi connectivity index (χ0n) is 10.8. The van der Waals surface area contributed by atoms with Crippen LogP contribution in [0, 0.1) is 0 Å². The van der Waals surface area contributed by atoms with Gasteiger partial charge in [0.15, 0.2) is 11.5 Å². The number of nitrogens with zero attached hydrogens (tertiary/aromatic N) is 3. The van der Waals surface area contributed by atoms with Crippen molar-refractivity contribution in [3.63, 3.8) is 0 Å². The molecule has 7 heteroatoms. The standard InChI is InChI=1S/C12H14ClN3O3/c1-16-9(6-14-15-16)11(17)7-4-8(13)12(19-3)10(5-7)18-2/h4-6,11,17H,1-3H3. The second kappa shape index (κ2) is 5.46. The first-order valence-electron chi connectivity index (χ1n) is 5.52. The van der Waals surface area contributed by atoms with Gasteiger partial charge in [0, 0.05) is 7.05 Å². The third-order valence-electron chi connectivity index (χ3n) is 2.80. The van der Waals surface area contributed by atoms with Crippen LogP contribution in [0.3, 0.4) is 0 Å². The van der Waals surface area contributed by atoms with Crippen molar-refractivity contribution >= 4 is 11.6 Å². The Kier molecular flexibility index (Phi) is 3.92. The lowest BCUT2D eigenvalue weighted by atomic mass is 10.1. The Bertz CT molecular complexity index is 586. The molecule has 6 nitrogen and oxygen atoms in total. The molecule has 0 aliphatic rings. The fraction of sp³-hybridized carbons (Fsp3) is 0.333. The van der Waals surface area contributed by atoms with Crippen molar-refractivity contribution in [1.82, 2.24) is 15.0 Å². The molecule has 2 aromatic rings. The lowest BCUT2D eigenvalue weighted by Gasteiger charge is -2.15. The summed E-state index contributed by atoms with van der Waals surface area (Å²) in [5, 5.41) is 18.2. The fourth-order valence-corrected chi connectivity index (χ4v) is 2.11. The Labute approximate surface area is 115 Å². The van der Waals surface area contributed by atoms with E-state index in [0.29, 0.717) is 27.8 Å². The van der Waals surface area contributed by atoms with Crippen molar-refractivity contribution in [3.8, 4) is 11.5 Å². The van der Waals surface area contributed by atoms with Crippen molar-refractivity contribution in [2.75, 3.05) is 14.2 Å². The van der Waals surface area contributed by atoms with Crippen molar-refractivity contribution < 1.29 is 14.6 Å². The van der Waals surface area contributed by atoms with E-state index in [-0.39, 0.29) is 0 Å². The lowest BCUT2D eigenvalue weighted by Crippen LogP contribution is -2.07. The summed E-state index contributed by atoms with van der Waals surface area (Å²) in [4.78, 5) is 0. The highest BCUT2D eigenvalue weighted by Crippen LogP contribution is 2.38. The topological polar surface area (TPSA) is 69.4 Å². The highest BCUT2D eigenvalue weighted by atomic mass is 35.5. The summed E-state index contributed by atoms with van der Waals surface area (Å²) in [7, 11) is 4.72. The van der Waals surface area contributed by atoms with Gasteiger partial charge in [-0.2, -0.15) is 0 Å². The average Bonchev–Trinajstić information content (AvgIpc) is 2.83. The fourth-order valence-electron chi connectivity index (χ4n) is 1.81. The Morgan fingerprint density at radius 1 is 1.32 bits per heavy atom. The first-order valence-corrected chi connectivity index (χ1v) is 5.90. The predicted octanol–water partition coefficient (Wildman–Crippen LogP) is 1.57. The average molecular weight is 284 g/mol. The summed E-state index contributed by atoms with van der Waals surface area (Å²) in [6.45, 7) is 0. The van der Waals surface area contributed by atoms with Gasteiger partial charge < -0.3 is 14.6 Å².